The average molecular weight is 229 g/mol. The van der Waals surface area contributed by atoms with Crippen LogP contribution in [0.15, 0.2) is 36.5 Å². The van der Waals surface area contributed by atoms with Crippen molar-refractivity contribution in [2.75, 3.05) is 0 Å². The van der Waals surface area contributed by atoms with E-state index in [2.05, 4.69) is 9.97 Å². The van der Waals surface area contributed by atoms with Crippen LogP contribution in [0, 0.1) is 6.92 Å². The quantitative estimate of drug-likeness (QED) is 0.548. The molecule has 0 N–H and O–H groups in total. The minimum atomic E-state index is 0.713. The van der Waals surface area contributed by atoms with Gasteiger partial charge in [-0.05, 0) is 37.3 Å². The molecule has 3 aromatic rings. The smallest absolute Gasteiger partial charge is 0.0815 e. The number of fused-ring (bicyclic) bond motifs is 3. The molecule has 0 fully saturated rings. The Bertz CT molecular complexity index is 631. The van der Waals surface area contributed by atoms with Gasteiger partial charge in [0, 0.05) is 27.7 Å². The summed E-state index contributed by atoms with van der Waals surface area (Å²) in [5, 5.41) is 2.76. The Kier molecular flexibility index (Phi) is 2.04. The Hall–Kier alpha value is -1.67. The van der Waals surface area contributed by atoms with E-state index < -0.39 is 0 Å². The molecular formula is C13H9ClN2. The third-order valence-corrected chi connectivity index (χ3v) is 2.86. The molecule has 0 aliphatic rings. The second kappa shape index (κ2) is 3.42. The number of hydrogen-bond acceptors (Lipinski definition) is 2. The van der Waals surface area contributed by atoms with Gasteiger partial charge in [0.15, 0.2) is 0 Å². The molecule has 16 heavy (non-hydrogen) atoms. The van der Waals surface area contributed by atoms with E-state index in [4.69, 9.17) is 11.6 Å². The van der Waals surface area contributed by atoms with Crippen molar-refractivity contribution in [2.45, 2.75) is 6.92 Å². The summed E-state index contributed by atoms with van der Waals surface area (Å²) in [7, 11) is 0. The maximum Gasteiger partial charge on any atom is 0.0815 e. The van der Waals surface area contributed by atoms with Gasteiger partial charge in [0.1, 0.15) is 0 Å². The molecule has 0 bridgehead atoms. The molecule has 0 saturated carbocycles. The first kappa shape index (κ1) is 9.55. The molecule has 3 heteroatoms. The normalized spacial score (nSPS) is 11.1. The molecule has 0 radical (unpaired) electrons. The van der Waals surface area contributed by atoms with Gasteiger partial charge >= 0.3 is 0 Å². The maximum absolute atomic E-state index is 6.00. The predicted octanol–water partition coefficient (Wildman–Crippen LogP) is 3.74. The van der Waals surface area contributed by atoms with Crippen LogP contribution < -0.4 is 0 Å². The number of halogens is 1. The van der Waals surface area contributed by atoms with Gasteiger partial charge in [-0.1, -0.05) is 11.6 Å². The first-order valence-electron chi connectivity index (χ1n) is 5.06. The first-order valence-corrected chi connectivity index (χ1v) is 5.43. The van der Waals surface area contributed by atoms with Crippen molar-refractivity contribution in [3.63, 3.8) is 0 Å². The number of aryl methyl sites for hydroxylation is 1. The zero-order valence-corrected chi connectivity index (χ0v) is 9.49. The lowest BCUT2D eigenvalue weighted by atomic mass is 10.1. The van der Waals surface area contributed by atoms with Crippen molar-refractivity contribution in [1.82, 2.24) is 9.97 Å². The molecule has 0 amide bonds. The summed E-state index contributed by atoms with van der Waals surface area (Å²) < 4.78 is 0. The monoisotopic (exact) mass is 228 g/mol. The molecule has 0 atom stereocenters. The summed E-state index contributed by atoms with van der Waals surface area (Å²) in [6.45, 7) is 1.98. The molecule has 3 rings (SSSR count). The molecule has 0 aliphatic carbocycles. The molecule has 78 valence electrons. The van der Waals surface area contributed by atoms with Crippen LogP contribution in [-0.2, 0) is 0 Å². The molecular weight excluding hydrogens is 220 g/mol. The summed E-state index contributed by atoms with van der Waals surface area (Å²) in [6.07, 6.45) is 1.85. The minimum absolute atomic E-state index is 0.713. The van der Waals surface area contributed by atoms with Gasteiger partial charge in [-0.3, -0.25) is 9.97 Å². The number of nitrogens with zero attached hydrogens (tertiary/aromatic N) is 2. The van der Waals surface area contributed by atoms with E-state index in [-0.39, 0.29) is 0 Å². The Morgan fingerprint density at radius 2 is 2.00 bits per heavy atom. The summed E-state index contributed by atoms with van der Waals surface area (Å²) in [5.74, 6) is 0. The molecule has 2 heterocycles. The summed E-state index contributed by atoms with van der Waals surface area (Å²) >= 11 is 6.00. The maximum atomic E-state index is 6.00. The highest BCUT2D eigenvalue weighted by Gasteiger charge is 2.03. The Morgan fingerprint density at radius 3 is 2.88 bits per heavy atom. The highest BCUT2D eigenvalue weighted by atomic mass is 35.5. The standard InChI is InChI=1S/C13H9ClN2/c1-8-2-3-9-7-15-12-5-4-10(14)6-11(12)13(9)16-8/h2-7H,1H3. The summed E-state index contributed by atoms with van der Waals surface area (Å²) in [6, 6.07) is 9.70. The van der Waals surface area contributed by atoms with Crippen LogP contribution in [0.1, 0.15) is 5.69 Å². The zero-order valence-electron chi connectivity index (χ0n) is 8.74. The Morgan fingerprint density at radius 1 is 1.12 bits per heavy atom. The van der Waals surface area contributed by atoms with Crippen molar-refractivity contribution >= 4 is 33.4 Å². The predicted molar refractivity (Wildman–Crippen MR) is 66.8 cm³/mol. The van der Waals surface area contributed by atoms with E-state index in [0.29, 0.717) is 5.02 Å². The molecule has 0 saturated heterocycles. The fraction of sp³-hybridized carbons (Fsp3) is 0.0769. The highest BCUT2D eigenvalue weighted by molar-refractivity contribution is 6.31. The van der Waals surface area contributed by atoms with Crippen molar-refractivity contribution in [1.29, 1.82) is 0 Å². The van der Waals surface area contributed by atoms with Crippen molar-refractivity contribution in [3.05, 3.63) is 47.2 Å². The van der Waals surface area contributed by atoms with E-state index in [1.807, 2.05) is 43.5 Å². The van der Waals surface area contributed by atoms with Crippen LogP contribution in [-0.4, -0.2) is 9.97 Å². The number of benzene rings is 1. The van der Waals surface area contributed by atoms with Gasteiger partial charge in [0.25, 0.3) is 0 Å². The van der Waals surface area contributed by atoms with Gasteiger partial charge in [-0.15, -0.1) is 0 Å². The van der Waals surface area contributed by atoms with Crippen molar-refractivity contribution in [2.24, 2.45) is 0 Å². The van der Waals surface area contributed by atoms with E-state index in [9.17, 15) is 0 Å². The average Bonchev–Trinajstić information content (AvgIpc) is 2.29. The molecule has 1 aromatic carbocycles. The van der Waals surface area contributed by atoms with Crippen LogP contribution in [0.4, 0.5) is 0 Å². The van der Waals surface area contributed by atoms with Crippen molar-refractivity contribution < 1.29 is 0 Å². The van der Waals surface area contributed by atoms with Gasteiger partial charge in [-0.2, -0.15) is 0 Å². The van der Waals surface area contributed by atoms with Crippen molar-refractivity contribution in [3.8, 4) is 0 Å². The van der Waals surface area contributed by atoms with Gasteiger partial charge in [0.05, 0.1) is 11.0 Å². The lowest BCUT2D eigenvalue weighted by Gasteiger charge is -2.03. The second-order valence-corrected chi connectivity index (χ2v) is 4.25. The molecule has 0 spiro atoms. The third-order valence-electron chi connectivity index (χ3n) is 2.62. The molecule has 2 aromatic heterocycles. The zero-order chi connectivity index (χ0) is 11.1. The fourth-order valence-electron chi connectivity index (χ4n) is 1.84. The SMILES string of the molecule is Cc1ccc2cnc3ccc(Cl)cc3c2n1. The van der Waals surface area contributed by atoms with Gasteiger partial charge in [-0.25, -0.2) is 0 Å². The lowest BCUT2D eigenvalue weighted by Crippen LogP contribution is -1.87. The third kappa shape index (κ3) is 1.42. The van der Waals surface area contributed by atoms with Crippen LogP contribution >= 0.6 is 11.6 Å². The number of pyridine rings is 2. The van der Waals surface area contributed by atoms with Gasteiger partial charge in [0.2, 0.25) is 0 Å². The van der Waals surface area contributed by atoms with Crippen LogP contribution in [0.3, 0.4) is 0 Å². The van der Waals surface area contributed by atoms with E-state index in [1.165, 1.54) is 0 Å². The topological polar surface area (TPSA) is 25.8 Å². The number of rotatable bonds is 0. The Balaban J connectivity index is 2.55. The van der Waals surface area contributed by atoms with Crippen LogP contribution in [0.2, 0.25) is 5.02 Å². The molecule has 0 aliphatic heterocycles. The van der Waals surface area contributed by atoms with E-state index in [0.717, 1.165) is 27.5 Å². The fourth-order valence-corrected chi connectivity index (χ4v) is 2.01. The molecule has 0 unspecified atom stereocenters. The number of aromatic nitrogens is 2. The Labute approximate surface area is 97.9 Å². The number of hydrogen-bond donors (Lipinski definition) is 0. The second-order valence-electron chi connectivity index (χ2n) is 3.81. The van der Waals surface area contributed by atoms with E-state index in [1.54, 1.807) is 0 Å². The molecule has 2 nitrogen and oxygen atoms in total. The van der Waals surface area contributed by atoms with Crippen LogP contribution in [0.5, 0.6) is 0 Å². The summed E-state index contributed by atoms with van der Waals surface area (Å²) in [4.78, 5) is 8.93. The van der Waals surface area contributed by atoms with Gasteiger partial charge < -0.3 is 0 Å². The highest BCUT2D eigenvalue weighted by Crippen LogP contribution is 2.24. The van der Waals surface area contributed by atoms with Crippen LogP contribution in [0.25, 0.3) is 21.8 Å². The minimum Gasteiger partial charge on any atom is -0.255 e. The van der Waals surface area contributed by atoms with E-state index >= 15 is 0 Å². The summed E-state index contributed by atoms with van der Waals surface area (Å²) in [5.41, 5.74) is 2.89. The lowest BCUT2D eigenvalue weighted by molar-refractivity contribution is 1.26. The first-order chi connectivity index (χ1) is 7.74. The largest absolute Gasteiger partial charge is 0.255 e.